The number of ketones is 1. The lowest BCUT2D eigenvalue weighted by Crippen LogP contribution is -2.54. The van der Waals surface area contributed by atoms with E-state index in [1.807, 2.05) is 0 Å². The molecular weight excluding hydrogens is 328 g/mol. The number of rotatable bonds is 2. The summed E-state index contributed by atoms with van der Waals surface area (Å²) < 4.78 is 0. The van der Waals surface area contributed by atoms with Crippen molar-refractivity contribution in [2.45, 2.75) is 58.8 Å². The largest absolute Gasteiger partial charge is 0.295 e. The smallest absolute Gasteiger partial charge is 0.155 e. The zero-order valence-electron chi connectivity index (χ0n) is 16.8. The average Bonchev–Trinajstić information content (AvgIpc) is 3.54. The first-order chi connectivity index (χ1) is 12.9. The molecule has 6 aliphatic carbocycles. The highest BCUT2D eigenvalue weighted by molar-refractivity contribution is 5.92. The topological polar surface area (TPSA) is 17.1 Å². The zero-order chi connectivity index (χ0) is 18.8. The molecule has 0 saturated heterocycles. The van der Waals surface area contributed by atoms with Gasteiger partial charge in [0, 0.05) is 11.8 Å². The lowest BCUT2D eigenvalue weighted by molar-refractivity contribution is -0.119. The number of terminal acetylenes is 1. The number of carbonyl (C=O) groups excluding carboxylic acids is 1. The molecule has 0 heterocycles. The van der Waals surface area contributed by atoms with Gasteiger partial charge in [0.15, 0.2) is 5.78 Å². The van der Waals surface area contributed by atoms with Crippen molar-refractivity contribution in [3.8, 4) is 12.3 Å². The van der Waals surface area contributed by atoms with Gasteiger partial charge in [-0.15, -0.1) is 13.0 Å². The normalized spacial score (nSPS) is 59.2. The first-order valence-electron chi connectivity index (χ1n) is 11.2. The second-order valence-corrected chi connectivity index (χ2v) is 11.3. The summed E-state index contributed by atoms with van der Waals surface area (Å²) in [5.41, 5.74) is 2.17. The highest BCUT2D eigenvalue weighted by Gasteiger charge is 2.78. The standard InChI is InChI=1S/C26H32O/c1-5-9-26(6-2)21-14-18(21)23-22-17-13-16(17)20-12-15(27)7-10-24(20,3)19(22)8-11-25(23,26)4/h2,5,12,16-19,21-23H,1,7-11,13-14H2,3-4H3/t16-,17+,18-,19+,21+,22-,23+,24-,25+,26-/m1/s1. The van der Waals surface area contributed by atoms with Crippen molar-refractivity contribution in [2.75, 3.05) is 0 Å². The molecule has 0 aromatic carbocycles. The predicted octanol–water partition coefficient (Wildman–Crippen LogP) is 5.43. The monoisotopic (exact) mass is 360 g/mol. The molecule has 0 aromatic heterocycles. The lowest BCUT2D eigenvalue weighted by Gasteiger charge is -2.60. The maximum atomic E-state index is 12.2. The van der Waals surface area contributed by atoms with Crippen molar-refractivity contribution in [1.82, 2.24) is 0 Å². The van der Waals surface area contributed by atoms with Crippen molar-refractivity contribution in [1.29, 1.82) is 0 Å². The molecule has 0 spiro atoms. The van der Waals surface area contributed by atoms with Gasteiger partial charge in [0.25, 0.3) is 0 Å². The van der Waals surface area contributed by atoms with Gasteiger partial charge < -0.3 is 0 Å². The third-order valence-electron chi connectivity index (χ3n) is 10.7. The van der Waals surface area contributed by atoms with E-state index in [2.05, 4.69) is 38.5 Å². The van der Waals surface area contributed by atoms with Crippen LogP contribution in [0.2, 0.25) is 0 Å². The van der Waals surface area contributed by atoms with E-state index in [-0.39, 0.29) is 10.8 Å². The van der Waals surface area contributed by atoms with Gasteiger partial charge in [-0.1, -0.05) is 31.4 Å². The minimum absolute atomic E-state index is 0.0546. The van der Waals surface area contributed by atoms with Gasteiger partial charge in [-0.3, -0.25) is 4.79 Å². The molecule has 1 nitrogen and oxygen atoms in total. The van der Waals surface area contributed by atoms with Crippen LogP contribution in [0.15, 0.2) is 24.3 Å². The van der Waals surface area contributed by atoms with E-state index in [1.54, 1.807) is 5.57 Å². The van der Waals surface area contributed by atoms with Crippen molar-refractivity contribution < 1.29 is 4.79 Å². The molecule has 0 radical (unpaired) electrons. The van der Waals surface area contributed by atoms with Crippen molar-refractivity contribution >= 4 is 5.78 Å². The van der Waals surface area contributed by atoms with Crippen LogP contribution in [0.25, 0.3) is 0 Å². The summed E-state index contributed by atoms with van der Waals surface area (Å²) >= 11 is 0. The summed E-state index contributed by atoms with van der Waals surface area (Å²) in [6, 6.07) is 0. The maximum absolute atomic E-state index is 12.2. The van der Waals surface area contributed by atoms with Gasteiger partial charge in [-0.25, -0.2) is 0 Å². The summed E-state index contributed by atoms with van der Waals surface area (Å²) in [6.07, 6.45) is 18.6. The fourth-order valence-corrected chi connectivity index (χ4v) is 9.49. The zero-order valence-corrected chi connectivity index (χ0v) is 16.8. The van der Waals surface area contributed by atoms with Gasteiger partial charge in [-0.2, -0.15) is 0 Å². The van der Waals surface area contributed by atoms with Crippen LogP contribution in [-0.4, -0.2) is 5.78 Å². The molecule has 0 aliphatic heterocycles. The molecule has 0 unspecified atom stereocenters. The number of hydrogen-bond donors (Lipinski definition) is 0. The third kappa shape index (κ3) is 1.69. The predicted molar refractivity (Wildman–Crippen MR) is 108 cm³/mol. The van der Waals surface area contributed by atoms with E-state index < -0.39 is 0 Å². The molecule has 10 atom stereocenters. The number of allylic oxidation sites excluding steroid dienone is 2. The van der Waals surface area contributed by atoms with Crippen molar-refractivity contribution in [3.05, 3.63) is 24.3 Å². The average molecular weight is 361 g/mol. The fourth-order valence-electron chi connectivity index (χ4n) is 9.49. The van der Waals surface area contributed by atoms with Crippen LogP contribution in [0.3, 0.4) is 0 Å². The molecule has 5 fully saturated rings. The van der Waals surface area contributed by atoms with E-state index in [1.165, 1.54) is 25.7 Å². The molecule has 0 aromatic rings. The molecule has 6 rings (SSSR count). The summed E-state index contributed by atoms with van der Waals surface area (Å²) in [5, 5.41) is 0. The number of carbonyl (C=O) groups is 1. The van der Waals surface area contributed by atoms with Crippen LogP contribution in [0.5, 0.6) is 0 Å². The fraction of sp³-hybridized carbons (Fsp3) is 0.731. The Kier molecular flexibility index (Phi) is 2.97. The minimum Gasteiger partial charge on any atom is -0.295 e. The van der Waals surface area contributed by atoms with E-state index >= 15 is 0 Å². The van der Waals surface area contributed by atoms with Gasteiger partial charge in [-0.05, 0) is 96.9 Å². The summed E-state index contributed by atoms with van der Waals surface area (Å²) in [5.74, 6) is 9.34. The van der Waals surface area contributed by atoms with Crippen LogP contribution in [-0.2, 0) is 4.79 Å². The van der Waals surface area contributed by atoms with E-state index in [4.69, 9.17) is 6.42 Å². The summed E-state index contributed by atoms with van der Waals surface area (Å²) in [7, 11) is 0. The number of hydrogen-bond acceptors (Lipinski definition) is 1. The van der Waals surface area contributed by atoms with Gasteiger partial charge in [0.2, 0.25) is 0 Å². The molecule has 142 valence electrons. The third-order valence-corrected chi connectivity index (χ3v) is 10.7. The Bertz CT molecular complexity index is 828. The van der Waals surface area contributed by atoms with Crippen LogP contribution in [0.4, 0.5) is 0 Å². The number of fused-ring (bicyclic) bond motifs is 10. The Morgan fingerprint density at radius 2 is 2.07 bits per heavy atom. The molecule has 6 aliphatic rings. The quantitative estimate of drug-likeness (QED) is 0.474. The van der Waals surface area contributed by atoms with E-state index in [0.29, 0.717) is 17.1 Å². The molecular formula is C26H32O. The molecule has 0 amide bonds. The van der Waals surface area contributed by atoms with Crippen molar-refractivity contribution in [3.63, 3.8) is 0 Å². The molecule has 1 heteroatoms. The molecule has 27 heavy (non-hydrogen) atoms. The highest BCUT2D eigenvalue weighted by atomic mass is 16.1. The van der Waals surface area contributed by atoms with E-state index in [9.17, 15) is 4.79 Å². The lowest BCUT2D eigenvalue weighted by atomic mass is 9.43. The van der Waals surface area contributed by atoms with Crippen LogP contribution < -0.4 is 0 Å². The highest BCUT2D eigenvalue weighted by Crippen LogP contribution is 2.83. The van der Waals surface area contributed by atoms with Crippen LogP contribution in [0.1, 0.15) is 58.8 Å². The Labute approximate surface area is 164 Å². The Balaban J connectivity index is 1.45. The van der Waals surface area contributed by atoms with Crippen LogP contribution in [0, 0.1) is 70.0 Å². The van der Waals surface area contributed by atoms with Gasteiger partial charge >= 0.3 is 0 Å². The Morgan fingerprint density at radius 3 is 2.81 bits per heavy atom. The van der Waals surface area contributed by atoms with Crippen LogP contribution >= 0.6 is 0 Å². The maximum Gasteiger partial charge on any atom is 0.155 e. The Hall–Kier alpha value is -1.29. The second kappa shape index (κ2) is 4.82. The summed E-state index contributed by atoms with van der Waals surface area (Å²) in [6.45, 7) is 9.15. The molecule has 0 bridgehead atoms. The van der Waals surface area contributed by atoms with E-state index in [0.717, 1.165) is 54.8 Å². The second-order valence-electron chi connectivity index (χ2n) is 11.3. The van der Waals surface area contributed by atoms with Gasteiger partial charge in [0.05, 0.1) is 0 Å². The molecule has 0 N–H and O–H groups in total. The van der Waals surface area contributed by atoms with Gasteiger partial charge in [0.1, 0.15) is 0 Å². The SMILES string of the molecule is C#C[C@@]1(CC=C)[C@H]2C[C@H]2[C@H]2[C@@H]3[C@H]4C[C@H]4C4=CC(=O)CC[C@]4(C)[C@H]3CC[C@@]21C. The van der Waals surface area contributed by atoms with Crippen molar-refractivity contribution in [2.24, 2.45) is 57.7 Å². The first-order valence-corrected chi connectivity index (χ1v) is 11.2. The molecule has 5 saturated carbocycles. The minimum atomic E-state index is 0.0546. The Morgan fingerprint density at radius 1 is 1.26 bits per heavy atom. The summed E-state index contributed by atoms with van der Waals surface area (Å²) in [4.78, 5) is 12.2. The first kappa shape index (κ1) is 16.6.